The van der Waals surface area contributed by atoms with Crippen molar-refractivity contribution in [3.8, 4) is 0 Å². The van der Waals surface area contributed by atoms with Gasteiger partial charge in [-0.05, 0) is 0 Å². The van der Waals surface area contributed by atoms with Gasteiger partial charge < -0.3 is 10.2 Å². The van der Waals surface area contributed by atoms with Crippen molar-refractivity contribution >= 4 is 17.7 Å². The van der Waals surface area contributed by atoms with Crippen LogP contribution in [0.15, 0.2) is 23.1 Å². The fourth-order valence-corrected chi connectivity index (χ4v) is 1.73. The molecule has 1 atom stereocenters. The lowest BCUT2D eigenvalue weighted by atomic mass is 10.2. The summed E-state index contributed by atoms with van der Waals surface area (Å²) >= 11 is 1.47. The SMILES string of the molecule is O=C(O)CC(O)C1=CC=CCS1. The molecule has 4 heteroatoms. The molecule has 3 nitrogen and oxygen atoms in total. The van der Waals surface area contributed by atoms with Crippen LogP contribution in [0.25, 0.3) is 0 Å². The topological polar surface area (TPSA) is 57.5 Å². The Bertz CT molecular complexity index is 232. The fourth-order valence-electron chi connectivity index (χ4n) is 0.884. The third kappa shape index (κ3) is 2.71. The monoisotopic (exact) mass is 186 g/mol. The first kappa shape index (κ1) is 9.35. The van der Waals surface area contributed by atoms with E-state index in [9.17, 15) is 9.90 Å². The van der Waals surface area contributed by atoms with Crippen LogP contribution in [0.2, 0.25) is 0 Å². The van der Waals surface area contributed by atoms with E-state index in [1.807, 2.05) is 12.2 Å². The number of carboxylic acid groups (broad SMARTS) is 1. The number of thioether (sulfide) groups is 1. The number of aliphatic carboxylic acids is 1. The van der Waals surface area contributed by atoms with Crippen molar-refractivity contribution in [1.82, 2.24) is 0 Å². The summed E-state index contributed by atoms with van der Waals surface area (Å²) in [5, 5.41) is 17.7. The van der Waals surface area contributed by atoms with Gasteiger partial charge in [0.2, 0.25) is 0 Å². The van der Waals surface area contributed by atoms with Crippen LogP contribution in [-0.2, 0) is 4.79 Å². The van der Waals surface area contributed by atoms with E-state index in [-0.39, 0.29) is 6.42 Å². The smallest absolute Gasteiger partial charge is 0.306 e. The Morgan fingerprint density at radius 3 is 3.00 bits per heavy atom. The van der Waals surface area contributed by atoms with Gasteiger partial charge in [0.25, 0.3) is 0 Å². The molecule has 0 saturated carbocycles. The van der Waals surface area contributed by atoms with Crippen molar-refractivity contribution in [2.75, 3.05) is 5.75 Å². The Balaban J connectivity index is 2.51. The summed E-state index contributed by atoms with van der Waals surface area (Å²) in [6, 6.07) is 0. The van der Waals surface area contributed by atoms with E-state index in [0.29, 0.717) is 0 Å². The summed E-state index contributed by atoms with van der Waals surface area (Å²) in [6.07, 6.45) is 4.48. The molecule has 12 heavy (non-hydrogen) atoms. The van der Waals surface area contributed by atoms with Crippen molar-refractivity contribution in [2.45, 2.75) is 12.5 Å². The number of carbonyl (C=O) groups is 1. The van der Waals surface area contributed by atoms with Crippen LogP contribution in [0.3, 0.4) is 0 Å². The minimum Gasteiger partial charge on any atom is -0.481 e. The molecule has 1 rings (SSSR count). The van der Waals surface area contributed by atoms with Gasteiger partial charge in [-0.1, -0.05) is 18.2 Å². The third-order valence-corrected chi connectivity index (χ3v) is 2.54. The van der Waals surface area contributed by atoms with Crippen molar-refractivity contribution < 1.29 is 15.0 Å². The van der Waals surface area contributed by atoms with Crippen LogP contribution in [0.5, 0.6) is 0 Å². The highest BCUT2D eigenvalue weighted by Crippen LogP contribution is 2.24. The Morgan fingerprint density at radius 1 is 1.75 bits per heavy atom. The molecule has 2 N–H and O–H groups in total. The highest BCUT2D eigenvalue weighted by atomic mass is 32.2. The van der Waals surface area contributed by atoms with Crippen molar-refractivity contribution in [2.24, 2.45) is 0 Å². The van der Waals surface area contributed by atoms with Gasteiger partial charge >= 0.3 is 5.97 Å². The normalized spacial score (nSPS) is 18.6. The lowest BCUT2D eigenvalue weighted by molar-refractivity contribution is -0.138. The number of rotatable bonds is 3. The zero-order valence-electron chi connectivity index (χ0n) is 6.43. The molecule has 0 amide bonds. The molecule has 0 radical (unpaired) electrons. The van der Waals surface area contributed by atoms with E-state index in [4.69, 9.17) is 5.11 Å². The standard InChI is InChI=1S/C8H10O3S/c9-6(5-8(10)11)7-3-1-2-4-12-7/h1-3,6,9H,4-5H2,(H,10,11). The first-order valence-electron chi connectivity index (χ1n) is 3.59. The molecule has 0 aromatic heterocycles. The summed E-state index contributed by atoms with van der Waals surface area (Å²) in [7, 11) is 0. The molecule has 0 aromatic carbocycles. The van der Waals surface area contributed by atoms with E-state index in [2.05, 4.69) is 0 Å². The molecule has 1 unspecified atom stereocenters. The summed E-state index contributed by atoms with van der Waals surface area (Å²) in [6.45, 7) is 0. The molecule has 1 aliphatic heterocycles. The predicted molar refractivity (Wildman–Crippen MR) is 47.9 cm³/mol. The number of hydrogen-bond donors (Lipinski definition) is 2. The van der Waals surface area contributed by atoms with Gasteiger partial charge in [-0.25, -0.2) is 0 Å². The largest absolute Gasteiger partial charge is 0.481 e. The minimum atomic E-state index is -0.974. The third-order valence-electron chi connectivity index (χ3n) is 1.44. The van der Waals surface area contributed by atoms with E-state index in [0.717, 1.165) is 10.7 Å². The van der Waals surface area contributed by atoms with Crippen LogP contribution in [0.4, 0.5) is 0 Å². The Morgan fingerprint density at radius 2 is 2.50 bits per heavy atom. The fraction of sp³-hybridized carbons (Fsp3) is 0.375. The first-order chi connectivity index (χ1) is 5.70. The van der Waals surface area contributed by atoms with Gasteiger partial charge in [-0.15, -0.1) is 11.8 Å². The molecular formula is C8H10O3S. The summed E-state index contributed by atoms with van der Waals surface area (Å²) < 4.78 is 0. The molecule has 0 aromatic rings. The maximum atomic E-state index is 10.2. The summed E-state index contributed by atoms with van der Waals surface area (Å²) in [5.41, 5.74) is 0. The Kier molecular flexibility index (Phi) is 3.37. The highest BCUT2D eigenvalue weighted by molar-refractivity contribution is 8.03. The Labute approximate surface area is 74.8 Å². The number of carboxylic acids is 1. The molecule has 1 aliphatic rings. The quantitative estimate of drug-likeness (QED) is 0.690. The molecule has 1 heterocycles. The van der Waals surface area contributed by atoms with Gasteiger partial charge in [0.05, 0.1) is 12.5 Å². The molecule has 0 saturated heterocycles. The van der Waals surface area contributed by atoms with Gasteiger partial charge in [0.15, 0.2) is 0 Å². The predicted octanol–water partition coefficient (Wildman–Crippen LogP) is 1.01. The van der Waals surface area contributed by atoms with Crippen LogP contribution < -0.4 is 0 Å². The zero-order valence-corrected chi connectivity index (χ0v) is 7.25. The van der Waals surface area contributed by atoms with Crippen molar-refractivity contribution in [3.63, 3.8) is 0 Å². The lowest BCUT2D eigenvalue weighted by Gasteiger charge is -2.13. The average molecular weight is 186 g/mol. The van der Waals surface area contributed by atoms with E-state index in [1.54, 1.807) is 6.08 Å². The van der Waals surface area contributed by atoms with Gasteiger partial charge in [0.1, 0.15) is 0 Å². The van der Waals surface area contributed by atoms with Crippen molar-refractivity contribution in [1.29, 1.82) is 0 Å². The number of hydrogen-bond acceptors (Lipinski definition) is 3. The summed E-state index contributed by atoms with van der Waals surface area (Å²) in [5.74, 6) is -0.166. The number of aliphatic hydroxyl groups excluding tert-OH is 1. The number of allylic oxidation sites excluding steroid dienone is 2. The van der Waals surface area contributed by atoms with Crippen LogP contribution in [0.1, 0.15) is 6.42 Å². The Hall–Kier alpha value is -0.740. The highest BCUT2D eigenvalue weighted by Gasteiger charge is 2.15. The van der Waals surface area contributed by atoms with E-state index >= 15 is 0 Å². The zero-order chi connectivity index (χ0) is 8.97. The maximum Gasteiger partial charge on any atom is 0.306 e. The van der Waals surface area contributed by atoms with Gasteiger partial charge in [0, 0.05) is 10.7 Å². The number of aliphatic hydroxyl groups is 1. The molecule has 0 aliphatic carbocycles. The molecular weight excluding hydrogens is 176 g/mol. The molecule has 0 bridgehead atoms. The van der Waals surface area contributed by atoms with Gasteiger partial charge in [-0.2, -0.15) is 0 Å². The van der Waals surface area contributed by atoms with Crippen LogP contribution in [0, 0.1) is 0 Å². The molecule has 66 valence electrons. The first-order valence-corrected chi connectivity index (χ1v) is 4.58. The second kappa shape index (κ2) is 4.33. The second-order valence-corrected chi connectivity index (χ2v) is 3.52. The van der Waals surface area contributed by atoms with Gasteiger partial charge in [-0.3, -0.25) is 4.79 Å². The van der Waals surface area contributed by atoms with E-state index in [1.165, 1.54) is 11.8 Å². The van der Waals surface area contributed by atoms with Crippen molar-refractivity contribution in [3.05, 3.63) is 23.1 Å². The maximum absolute atomic E-state index is 10.2. The van der Waals surface area contributed by atoms with Crippen LogP contribution >= 0.6 is 11.8 Å². The minimum absolute atomic E-state index is 0.216. The molecule has 0 spiro atoms. The van der Waals surface area contributed by atoms with E-state index < -0.39 is 12.1 Å². The molecule has 0 fully saturated rings. The lowest BCUT2D eigenvalue weighted by Crippen LogP contribution is -2.14. The second-order valence-electron chi connectivity index (χ2n) is 2.42. The average Bonchev–Trinajstić information content (AvgIpc) is 2.05. The van der Waals surface area contributed by atoms with Crippen LogP contribution in [-0.4, -0.2) is 28.0 Å². The summed E-state index contributed by atoms with van der Waals surface area (Å²) in [4.78, 5) is 11.0.